The summed E-state index contributed by atoms with van der Waals surface area (Å²) in [5.74, 6) is -0.415. The number of furan rings is 1. The predicted octanol–water partition coefficient (Wildman–Crippen LogP) is 1.76. The molecule has 0 bridgehead atoms. The lowest BCUT2D eigenvalue weighted by atomic mass is 10.1. The van der Waals surface area contributed by atoms with E-state index in [0.29, 0.717) is 12.3 Å². The third-order valence-corrected chi connectivity index (χ3v) is 3.00. The zero-order chi connectivity index (χ0) is 13.0. The Kier molecular flexibility index (Phi) is 3.82. The van der Waals surface area contributed by atoms with Crippen LogP contribution < -0.4 is 0 Å². The van der Waals surface area contributed by atoms with E-state index in [1.165, 1.54) is 12.3 Å². The number of aliphatic carboxylic acids is 1. The molecule has 1 fully saturated rings. The molecule has 1 aliphatic heterocycles. The van der Waals surface area contributed by atoms with Gasteiger partial charge in [-0.3, -0.25) is 9.59 Å². The van der Waals surface area contributed by atoms with Crippen molar-refractivity contribution in [1.82, 2.24) is 4.90 Å². The predicted molar refractivity (Wildman–Crippen MR) is 64.7 cm³/mol. The molecular formula is C13H15NO4. The number of hydrogen-bond acceptors (Lipinski definition) is 3. The molecule has 5 nitrogen and oxygen atoms in total. The molecule has 0 aromatic carbocycles. The highest BCUT2D eigenvalue weighted by molar-refractivity contribution is 5.92. The molecule has 1 atom stereocenters. The molecule has 1 unspecified atom stereocenters. The standard InChI is InChI=1S/C13H15NO4/c15-12(6-5-11-4-2-8-18-11)14-7-1-3-10(14)9-13(16)17/h2,4-6,8,10H,1,3,7,9H2,(H,16,17). The first-order valence-electron chi connectivity index (χ1n) is 5.91. The van der Waals surface area contributed by atoms with E-state index in [9.17, 15) is 9.59 Å². The van der Waals surface area contributed by atoms with Crippen LogP contribution in [0.15, 0.2) is 28.9 Å². The molecule has 96 valence electrons. The van der Waals surface area contributed by atoms with Crippen LogP contribution in [-0.4, -0.2) is 34.5 Å². The molecule has 0 saturated carbocycles. The van der Waals surface area contributed by atoms with Crippen LogP contribution in [0.1, 0.15) is 25.0 Å². The van der Waals surface area contributed by atoms with Crippen molar-refractivity contribution in [2.75, 3.05) is 6.54 Å². The number of likely N-dealkylation sites (tertiary alicyclic amines) is 1. The van der Waals surface area contributed by atoms with Crippen LogP contribution in [0.25, 0.3) is 6.08 Å². The lowest BCUT2D eigenvalue weighted by molar-refractivity contribution is -0.139. The van der Waals surface area contributed by atoms with Gasteiger partial charge in [-0.25, -0.2) is 0 Å². The van der Waals surface area contributed by atoms with Crippen LogP contribution in [0.3, 0.4) is 0 Å². The molecule has 18 heavy (non-hydrogen) atoms. The topological polar surface area (TPSA) is 70.8 Å². The Balaban J connectivity index is 1.97. The van der Waals surface area contributed by atoms with Crippen molar-refractivity contribution in [3.8, 4) is 0 Å². The van der Waals surface area contributed by atoms with Crippen LogP contribution in [0.2, 0.25) is 0 Å². The van der Waals surface area contributed by atoms with Crippen LogP contribution in [-0.2, 0) is 9.59 Å². The normalized spacial score (nSPS) is 19.6. The zero-order valence-electron chi connectivity index (χ0n) is 9.91. The average molecular weight is 249 g/mol. The average Bonchev–Trinajstić information content (AvgIpc) is 2.95. The minimum atomic E-state index is -0.866. The van der Waals surface area contributed by atoms with Crippen molar-refractivity contribution in [3.05, 3.63) is 30.2 Å². The third kappa shape index (κ3) is 3.00. The van der Waals surface area contributed by atoms with E-state index in [0.717, 1.165) is 12.8 Å². The number of carbonyl (C=O) groups excluding carboxylic acids is 1. The number of carboxylic acids is 1. The number of carbonyl (C=O) groups is 2. The van der Waals surface area contributed by atoms with Crippen LogP contribution in [0, 0.1) is 0 Å². The highest BCUT2D eigenvalue weighted by atomic mass is 16.4. The largest absolute Gasteiger partial charge is 0.481 e. The summed E-state index contributed by atoms with van der Waals surface area (Å²) in [5, 5.41) is 8.78. The Labute approximate surface area is 105 Å². The third-order valence-electron chi connectivity index (χ3n) is 3.00. The first kappa shape index (κ1) is 12.4. The van der Waals surface area contributed by atoms with Gasteiger partial charge in [-0.1, -0.05) is 0 Å². The van der Waals surface area contributed by atoms with E-state index in [-0.39, 0.29) is 18.4 Å². The van der Waals surface area contributed by atoms with Crippen molar-refractivity contribution >= 4 is 18.0 Å². The molecule has 2 heterocycles. The summed E-state index contributed by atoms with van der Waals surface area (Å²) in [6.45, 7) is 0.624. The first-order chi connectivity index (χ1) is 8.66. The molecule has 0 aliphatic carbocycles. The van der Waals surface area contributed by atoms with Gasteiger partial charge >= 0.3 is 5.97 Å². The monoisotopic (exact) mass is 249 g/mol. The Morgan fingerprint density at radius 1 is 1.56 bits per heavy atom. The van der Waals surface area contributed by atoms with E-state index >= 15 is 0 Å². The van der Waals surface area contributed by atoms with Crippen LogP contribution >= 0.6 is 0 Å². The van der Waals surface area contributed by atoms with E-state index in [1.807, 2.05) is 0 Å². The van der Waals surface area contributed by atoms with Gasteiger partial charge < -0.3 is 14.4 Å². The molecule has 5 heteroatoms. The number of rotatable bonds is 4. The summed E-state index contributed by atoms with van der Waals surface area (Å²) in [7, 11) is 0. The van der Waals surface area contributed by atoms with Gasteiger partial charge in [0.1, 0.15) is 5.76 Å². The van der Waals surface area contributed by atoms with Gasteiger partial charge in [0.25, 0.3) is 0 Å². The van der Waals surface area contributed by atoms with Crippen LogP contribution in [0.4, 0.5) is 0 Å². The highest BCUT2D eigenvalue weighted by Gasteiger charge is 2.28. The summed E-state index contributed by atoms with van der Waals surface area (Å²) >= 11 is 0. The molecule has 1 saturated heterocycles. The molecule has 1 aromatic heterocycles. The van der Waals surface area contributed by atoms with E-state index < -0.39 is 5.97 Å². The van der Waals surface area contributed by atoms with Gasteiger partial charge in [-0.15, -0.1) is 0 Å². The second-order valence-electron chi connectivity index (χ2n) is 4.27. The second-order valence-corrected chi connectivity index (χ2v) is 4.27. The molecule has 1 N–H and O–H groups in total. The van der Waals surface area contributed by atoms with E-state index in [1.54, 1.807) is 23.1 Å². The van der Waals surface area contributed by atoms with Crippen molar-refractivity contribution in [1.29, 1.82) is 0 Å². The Bertz CT molecular complexity index is 450. The maximum Gasteiger partial charge on any atom is 0.305 e. The van der Waals surface area contributed by atoms with Crippen molar-refractivity contribution in [2.24, 2.45) is 0 Å². The summed E-state index contributed by atoms with van der Waals surface area (Å²) in [6, 6.07) is 3.31. The van der Waals surface area contributed by atoms with Crippen molar-refractivity contribution < 1.29 is 19.1 Å². The highest BCUT2D eigenvalue weighted by Crippen LogP contribution is 2.20. The van der Waals surface area contributed by atoms with Gasteiger partial charge in [-0.2, -0.15) is 0 Å². The summed E-state index contributed by atoms with van der Waals surface area (Å²) < 4.78 is 5.09. The lowest BCUT2D eigenvalue weighted by Crippen LogP contribution is -2.35. The minimum absolute atomic E-state index is 0.0142. The maximum atomic E-state index is 11.9. The van der Waals surface area contributed by atoms with Gasteiger partial charge in [0.05, 0.1) is 12.7 Å². The number of nitrogens with zero attached hydrogens (tertiary/aromatic N) is 1. The molecular weight excluding hydrogens is 234 g/mol. The number of hydrogen-bond donors (Lipinski definition) is 1. The second kappa shape index (κ2) is 5.53. The Morgan fingerprint density at radius 3 is 3.06 bits per heavy atom. The van der Waals surface area contributed by atoms with E-state index in [2.05, 4.69) is 0 Å². The molecule has 1 aromatic rings. The van der Waals surface area contributed by atoms with Gasteiger partial charge in [-0.05, 0) is 31.1 Å². The van der Waals surface area contributed by atoms with Crippen molar-refractivity contribution in [2.45, 2.75) is 25.3 Å². The SMILES string of the molecule is O=C(O)CC1CCCN1C(=O)C=Cc1ccco1. The lowest BCUT2D eigenvalue weighted by Gasteiger charge is -2.21. The molecule has 1 amide bonds. The summed E-state index contributed by atoms with van der Waals surface area (Å²) in [5.41, 5.74) is 0. The fraction of sp³-hybridized carbons (Fsp3) is 0.385. The number of amides is 1. The Morgan fingerprint density at radius 2 is 2.39 bits per heavy atom. The van der Waals surface area contributed by atoms with Gasteiger partial charge in [0, 0.05) is 18.7 Å². The fourth-order valence-corrected chi connectivity index (χ4v) is 2.17. The fourth-order valence-electron chi connectivity index (χ4n) is 2.17. The molecule has 0 spiro atoms. The molecule has 0 radical (unpaired) electrons. The van der Waals surface area contributed by atoms with Gasteiger partial charge in [0.2, 0.25) is 5.91 Å². The quantitative estimate of drug-likeness (QED) is 0.825. The molecule has 1 aliphatic rings. The smallest absolute Gasteiger partial charge is 0.305 e. The Hall–Kier alpha value is -2.04. The summed E-state index contributed by atoms with van der Waals surface area (Å²) in [4.78, 5) is 24.3. The van der Waals surface area contributed by atoms with E-state index in [4.69, 9.17) is 9.52 Å². The first-order valence-corrected chi connectivity index (χ1v) is 5.91. The minimum Gasteiger partial charge on any atom is -0.481 e. The maximum absolute atomic E-state index is 11.9. The zero-order valence-corrected chi connectivity index (χ0v) is 9.91. The van der Waals surface area contributed by atoms with Crippen LogP contribution in [0.5, 0.6) is 0 Å². The molecule has 2 rings (SSSR count). The van der Waals surface area contributed by atoms with Gasteiger partial charge in [0.15, 0.2) is 0 Å². The number of carboxylic acid groups (broad SMARTS) is 1. The van der Waals surface area contributed by atoms with Crippen molar-refractivity contribution in [3.63, 3.8) is 0 Å². The summed E-state index contributed by atoms with van der Waals surface area (Å²) in [6.07, 6.45) is 6.19.